The highest BCUT2D eigenvalue weighted by atomic mass is 32.1. The van der Waals surface area contributed by atoms with Crippen LogP contribution in [0.4, 0.5) is 5.69 Å². The zero-order chi connectivity index (χ0) is 10.7. The van der Waals surface area contributed by atoms with E-state index in [1.165, 1.54) is 0 Å². The van der Waals surface area contributed by atoms with Gasteiger partial charge in [-0.05, 0) is 12.1 Å². The molecule has 1 heterocycles. The Kier molecular flexibility index (Phi) is 2.87. The summed E-state index contributed by atoms with van der Waals surface area (Å²) in [5.41, 5.74) is 1.62. The zero-order valence-corrected chi connectivity index (χ0v) is 8.87. The van der Waals surface area contributed by atoms with Gasteiger partial charge in [0, 0.05) is 5.39 Å². The van der Waals surface area contributed by atoms with E-state index in [2.05, 4.69) is 22.9 Å². The number of benzene rings is 1. The van der Waals surface area contributed by atoms with Crippen LogP contribution in [0.1, 0.15) is 0 Å². The lowest BCUT2D eigenvalue weighted by Gasteiger charge is -2.03. The van der Waals surface area contributed by atoms with Crippen LogP contribution < -0.4 is 5.32 Å². The van der Waals surface area contributed by atoms with Crippen LogP contribution in [0.3, 0.4) is 0 Å². The Hall–Kier alpha value is -1.55. The summed E-state index contributed by atoms with van der Waals surface area (Å²) in [5, 5.41) is 3.71. The number of pyridine rings is 1. The van der Waals surface area contributed by atoms with Crippen LogP contribution in [-0.2, 0) is 4.79 Å². The van der Waals surface area contributed by atoms with E-state index in [0.717, 1.165) is 10.9 Å². The quantitative estimate of drug-likeness (QED) is 0.758. The molecule has 0 aliphatic rings. The van der Waals surface area contributed by atoms with E-state index in [1.807, 2.05) is 30.3 Å². The molecule has 3 nitrogen and oxygen atoms in total. The Balaban J connectivity index is 2.34. The molecule has 76 valence electrons. The lowest BCUT2D eigenvalue weighted by molar-refractivity contribution is -0.113. The third-order valence-corrected chi connectivity index (χ3v) is 2.31. The predicted octanol–water partition coefficient (Wildman–Crippen LogP) is 2.10. The van der Waals surface area contributed by atoms with Gasteiger partial charge >= 0.3 is 0 Å². The highest BCUT2D eigenvalue weighted by Crippen LogP contribution is 2.15. The minimum absolute atomic E-state index is 0.129. The number of fused-ring (bicyclic) bond motifs is 1. The first-order valence-corrected chi connectivity index (χ1v) is 5.18. The Bertz CT molecular complexity index is 499. The minimum Gasteiger partial charge on any atom is -0.324 e. The predicted molar refractivity (Wildman–Crippen MR) is 64.2 cm³/mol. The number of carbonyl (C=O) groups excluding carboxylic acids is 1. The van der Waals surface area contributed by atoms with Gasteiger partial charge in [-0.1, -0.05) is 18.2 Å². The first kappa shape index (κ1) is 9.98. The average Bonchev–Trinajstić information content (AvgIpc) is 2.29. The van der Waals surface area contributed by atoms with Crippen LogP contribution in [0.15, 0.2) is 36.5 Å². The van der Waals surface area contributed by atoms with Gasteiger partial charge in [0.25, 0.3) is 0 Å². The van der Waals surface area contributed by atoms with Crippen molar-refractivity contribution in [3.63, 3.8) is 0 Å². The number of rotatable bonds is 2. The minimum atomic E-state index is -0.129. The second kappa shape index (κ2) is 4.31. The standard InChI is InChI=1S/C11H10N2OS/c14-11(7-15)13-9-5-8-3-1-2-4-10(8)12-6-9/h1-6,15H,7H2,(H,13,14). The van der Waals surface area contributed by atoms with Crippen LogP contribution in [0, 0.1) is 0 Å². The van der Waals surface area contributed by atoms with Gasteiger partial charge in [0.15, 0.2) is 0 Å². The fourth-order valence-electron chi connectivity index (χ4n) is 1.34. The number of anilines is 1. The summed E-state index contributed by atoms with van der Waals surface area (Å²) in [6.07, 6.45) is 1.64. The Labute approximate surface area is 92.9 Å². The molecule has 0 saturated carbocycles. The van der Waals surface area contributed by atoms with E-state index in [1.54, 1.807) is 6.20 Å². The molecule has 1 N–H and O–H groups in total. The van der Waals surface area contributed by atoms with Crippen molar-refractivity contribution in [3.05, 3.63) is 36.5 Å². The molecular formula is C11H10N2OS. The van der Waals surface area contributed by atoms with Crippen LogP contribution in [0.5, 0.6) is 0 Å². The van der Waals surface area contributed by atoms with Crippen molar-refractivity contribution in [2.75, 3.05) is 11.1 Å². The van der Waals surface area contributed by atoms with Crippen molar-refractivity contribution in [2.24, 2.45) is 0 Å². The normalized spacial score (nSPS) is 10.2. The molecule has 0 fully saturated rings. The molecule has 1 aromatic carbocycles. The number of nitrogens with zero attached hydrogens (tertiary/aromatic N) is 1. The van der Waals surface area contributed by atoms with Gasteiger partial charge < -0.3 is 5.32 Å². The third-order valence-electron chi connectivity index (χ3n) is 2.02. The number of hydrogen-bond donors (Lipinski definition) is 2. The highest BCUT2D eigenvalue weighted by molar-refractivity contribution is 7.81. The summed E-state index contributed by atoms with van der Waals surface area (Å²) < 4.78 is 0. The van der Waals surface area contributed by atoms with Crippen LogP contribution in [0.25, 0.3) is 10.9 Å². The summed E-state index contributed by atoms with van der Waals surface area (Å²) >= 11 is 3.89. The van der Waals surface area contributed by atoms with Crippen molar-refractivity contribution >= 4 is 35.1 Å². The molecule has 0 bridgehead atoms. The second-order valence-corrected chi connectivity index (χ2v) is 3.44. The van der Waals surface area contributed by atoms with Crippen LogP contribution in [-0.4, -0.2) is 16.6 Å². The fourth-order valence-corrected chi connectivity index (χ4v) is 1.42. The van der Waals surface area contributed by atoms with Crippen molar-refractivity contribution in [1.82, 2.24) is 4.98 Å². The summed E-state index contributed by atoms with van der Waals surface area (Å²) in [6, 6.07) is 9.65. The molecule has 0 saturated heterocycles. The number of aromatic nitrogens is 1. The first-order chi connectivity index (χ1) is 7.29. The number of thiol groups is 1. The van der Waals surface area contributed by atoms with E-state index in [4.69, 9.17) is 0 Å². The maximum absolute atomic E-state index is 11.1. The molecule has 0 unspecified atom stereocenters. The van der Waals surface area contributed by atoms with Gasteiger partial charge in [-0.3, -0.25) is 9.78 Å². The maximum Gasteiger partial charge on any atom is 0.234 e. The lowest BCUT2D eigenvalue weighted by Crippen LogP contribution is -2.12. The van der Waals surface area contributed by atoms with Crippen molar-refractivity contribution < 1.29 is 4.79 Å². The number of carbonyl (C=O) groups is 1. The topological polar surface area (TPSA) is 42.0 Å². The van der Waals surface area contributed by atoms with Crippen molar-refractivity contribution in [2.45, 2.75) is 0 Å². The van der Waals surface area contributed by atoms with Crippen LogP contribution in [0.2, 0.25) is 0 Å². The molecule has 0 radical (unpaired) electrons. The summed E-state index contributed by atoms with van der Waals surface area (Å²) in [6.45, 7) is 0. The third kappa shape index (κ3) is 2.27. The van der Waals surface area contributed by atoms with Gasteiger partial charge in [0.05, 0.1) is 23.2 Å². The van der Waals surface area contributed by atoms with E-state index in [0.29, 0.717) is 5.69 Å². The Morgan fingerprint density at radius 3 is 3.00 bits per heavy atom. The van der Waals surface area contributed by atoms with Gasteiger partial charge in [0.1, 0.15) is 0 Å². The Morgan fingerprint density at radius 2 is 2.20 bits per heavy atom. The molecule has 0 spiro atoms. The molecule has 1 amide bonds. The van der Waals surface area contributed by atoms with Crippen molar-refractivity contribution in [3.8, 4) is 0 Å². The number of hydrogen-bond acceptors (Lipinski definition) is 3. The highest BCUT2D eigenvalue weighted by Gasteiger charge is 2.00. The molecule has 0 aliphatic carbocycles. The molecule has 0 aliphatic heterocycles. The van der Waals surface area contributed by atoms with Crippen LogP contribution >= 0.6 is 12.6 Å². The first-order valence-electron chi connectivity index (χ1n) is 4.55. The van der Waals surface area contributed by atoms with Crippen molar-refractivity contribution in [1.29, 1.82) is 0 Å². The molecule has 1 aromatic heterocycles. The van der Waals surface area contributed by atoms with Gasteiger partial charge in [-0.25, -0.2) is 0 Å². The van der Waals surface area contributed by atoms with E-state index >= 15 is 0 Å². The molecule has 2 aromatic rings. The monoisotopic (exact) mass is 218 g/mol. The number of para-hydroxylation sites is 1. The fraction of sp³-hybridized carbons (Fsp3) is 0.0909. The smallest absolute Gasteiger partial charge is 0.234 e. The van der Waals surface area contributed by atoms with E-state index < -0.39 is 0 Å². The number of nitrogens with one attached hydrogen (secondary N) is 1. The molecule has 4 heteroatoms. The van der Waals surface area contributed by atoms with Gasteiger partial charge in [0.2, 0.25) is 5.91 Å². The lowest BCUT2D eigenvalue weighted by atomic mass is 10.2. The Morgan fingerprint density at radius 1 is 1.40 bits per heavy atom. The largest absolute Gasteiger partial charge is 0.324 e. The zero-order valence-electron chi connectivity index (χ0n) is 7.97. The second-order valence-electron chi connectivity index (χ2n) is 3.12. The van der Waals surface area contributed by atoms with Gasteiger partial charge in [-0.2, -0.15) is 12.6 Å². The SMILES string of the molecule is O=C(CS)Nc1cnc2ccccc2c1. The maximum atomic E-state index is 11.1. The summed E-state index contributed by atoms with van der Waals surface area (Å²) in [5.74, 6) is 0.0442. The molecule has 15 heavy (non-hydrogen) atoms. The molecule has 0 atom stereocenters. The van der Waals surface area contributed by atoms with Gasteiger partial charge in [-0.15, -0.1) is 0 Å². The number of amides is 1. The average molecular weight is 218 g/mol. The van der Waals surface area contributed by atoms with E-state index in [9.17, 15) is 4.79 Å². The molecule has 2 rings (SSSR count). The summed E-state index contributed by atoms with van der Waals surface area (Å²) in [4.78, 5) is 15.3. The van der Waals surface area contributed by atoms with E-state index in [-0.39, 0.29) is 11.7 Å². The summed E-state index contributed by atoms with van der Waals surface area (Å²) in [7, 11) is 0. The molecular weight excluding hydrogens is 208 g/mol.